The van der Waals surface area contributed by atoms with Crippen molar-refractivity contribution in [2.45, 2.75) is 38.8 Å². The molecule has 0 bridgehead atoms. The van der Waals surface area contributed by atoms with E-state index in [1.807, 2.05) is 12.5 Å². The molecule has 1 saturated heterocycles. The molecule has 2 aliphatic rings. The molecule has 1 aromatic heterocycles. The van der Waals surface area contributed by atoms with Gasteiger partial charge >= 0.3 is 0 Å². The topological polar surface area (TPSA) is 50.3 Å². The zero-order valence-corrected chi connectivity index (χ0v) is 13.4. The lowest BCUT2D eigenvalue weighted by Gasteiger charge is -2.39. The summed E-state index contributed by atoms with van der Waals surface area (Å²) < 4.78 is 2.36. The van der Waals surface area contributed by atoms with E-state index in [0.717, 1.165) is 32.1 Å². The number of nitrogens with two attached hydrogens (primary N) is 1. The van der Waals surface area contributed by atoms with Crippen molar-refractivity contribution in [3.05, 3.63) is 18.2 Å². The van der Waals surface area contributed by atoms with Gasteiger partial charge in [0.1, 0.15) is 0 Å². The Labute approximate surface area is 128 Å². The zero-order chi connectivity index (χ0) is 14.8. The van der Waals surface area contributed by atoms with Gasteiger partial charge in [-0.15, -0.1) is 0 Å². The van der Waals surface area contributed by atoms with Crippen LogP contribution in [-0.4, -0.2) is 58.6 Å². The molecular formula is C16H29N5. The number of nitrogens with zero attached hydrogens (tertiary/aromatic N) is 4. The SMILES string of the molecule is CC(C)CN1CCN(C(CN)c2cncn2C2CC2)CC1. The average molecular weight is 291 g/mol. The van der Waals surface area contributed by atoms with Gasteiger partial charge in [-0.1, -0.05) is 13.8 Å². The van der Waals surface area contributed by atoms with Crippen LogP contribution in [0.15, 0.2) is 12.5 Å². The minimum absolute atomic E-state index is 0.328. The number of piperazine rings is 1. The van der Waals surface area contributed by atoms with Crippen LogP contribution in [0.4, 0.5) is 0 Å². The number of rotatable bonds is 6. The fourth-order valence-corrected chi connectivity index (χ4v) is 3.46. The molecule has 0 radical (unpaired) electrons. The lowest BCUT2D eigenvalue weighted by Crippen LogP contribution is -2.50. The third-order valence-corrected chi connectivity index (χ3v) is 4.67. The molecule has 1 aliphatic heterocycles. The lowest BCUT2D eigenvalue weighted by molar-refractivity contribution is 0.0884. The van der Waals surface area contributed by atoms with E-state index in [1.54, 1.807) is 0 Å². The number of hydrogen-bond acceptors (Lipinski definition) is 4. The molecule has 2 heterocycles. The van der Waals surface area contributed by atoms with Crippen LogP contribution in [-0.2, 0) is 0 Å². The third kappa shape index (κ3) is 3.47. The van der Waals surface area contributed by atoms with E-state index in [0.29, 0.717) is 18.6 Å². The normalized spacial score (nSPS) is 22.9. The molecule has 1 atom stereocenters. The van der Waals surface area contributed by atoms with Gasteiger partial charge in [0.2, 0.25) is 0 Å². The lowest BCUT2D eigenvalue weighted by atomic mass is 10.1. The molecule has 2 fully saturated rings. The predicted molar refractivity (Wildman–Crippen MR) is 85.1 cm³/mol. The molecular weight excluding hydrogens is 262 g/mol. The van der Waals surface area contributed by atoms with E-state index in [9.17, 15) is 0 Å². The summed E-state index contributed by atoms with van der Waals surface area (Å²) in [4.78, 5) is 9.50. The molecule has 2 N–H and O–H groups in total. The summed E-state index contributed by atoms with van der Waals surface area (Å²) in [6.45, 7) is 11.0. The highest BCUT2D eigenvalue weighted by molar-refractivity contribution is 5.10. The van der Waals surface area contributed by atoms with E-state index in [4.69, 9.17) is 5.73 Å². The molecule has 1 saturated carbocycles. The first-order valence-electron chi connectivity index (χ1n) is 8.37. The van der Waals surface area contributed by atoms with Crippen molar-refractivity contribution in [1.82, 2.24) is 19.4 Å². The fourth-order valence-electron chi connectivity index (χ4n) is 3.46. The second-order valence-corrected chi connectivity index (χ2v) is 6.94. The quantitative estimate of drug-likeness (QED) is 0.863. The third-order valence-electron chi connectivity index (χ3n) is 4.67. The standard InChI is InChI=1S/C16H29N5/c1-13(2)11-19-5-7-20(8-6-19)15(9-17)16-10-18-12-21(16)14-3-4-14/h10,12-15H,3-9,11,17H2,1-2H3. The van der Waals surface area contributed by atoms with Crippen molar-refractivity contribution >= 4 is 0 Å². The van der Waals surface area contributed by atoms with Gasteiger partial charge in [0.15, 0.2) is 0 Å². The molecule has 1 aliphatic carbocycles. The van der Waals surface area contributed by atoms with Gasteiger partial charge in [0.25, 0.3) is 0 Å². The Morgan fingerprint density at radius 1 is 1.24 bits per heavy atom. The fraction of sp³-hybridized carbons (Fsp3) is 0.812. The first-order valence-corrected chi connectivity index (χ1v) is 8.37. The van der Waals surface area contributed by atoms with Gasteiger partial charge in [0.05, 0.1) is 18.1 Å². The van der Waals surface area contributed by atoms with Gasteiger partial charge in [-0.25, -0.2) is 4.98 Å². The molecule has 5 nitrogen and oxygen atoms in total. The van der Waals surface area contributed by atoms with Crippen LogP contribution in [0.3, 0.4) is 0 Å². The summed E-state index contributed by atoms with van der Waals surface area (Å²) >= 11 is 0. The average Bonchev–Trinajstić information content (AvgIpc) is 3.20. The van der Waals surface area contributed by atoms with Gasteiger partial charge in [-0.2, -0.15) is 0 Å². The Balaban J connectivity index is 1.63. The number of aromatic nitrogens is 2. The van der Waals surface area contributed by atoms with Crippen molar-refractivity contribution in [3.8, 4) is 0 Å². The summed E-state index contributed by atoms with van der Waals surface area (Å²) in [5, 5.41) is 0. The van der Waals surface area contributed by atoms with E-state index in [-0.39, 0.29) is 0 Å². The van der Waals surface area contributed by atoms with Crippen LogP contribution in [0.2, 0.25) is 0 Å². The Morgan fingerprint density at radius 2 is 1.95 bits per heavy atom. The van der Waals surface area contributed by atoms with Crippen LogP contribution in [0.1, 0.15) is 44.5 Å². The second kappa shape index (κ2) is 6.46. The van der Waals surface area contributed by atoms with E-state index in [2.05, 4.69) is 33.2 Å². The van der Waals surface area contributed by atoms with Crippen LogP contribution in [0.25, 0.3) is 0 Å². The van der Waals surface area contributed by atoms with Crippen LogP contribution >= 0.6 is 0 Å². The first-order chi connectivity index (χ1) is 10.2. The Hall–Kier alpha value is -0.910. The Kier molecular flexibility index (Phi) is 4.62. The zero-order valence-electron chi connectivity index (χ0n) is 13.4. The van der Waals surface area contributed by atoms with Crippen LogP contribution in [0, 0.1) is 5.92 Å². The van der Waals surface area contributed by atoms with Crippen molar-refractivity contribution in [3.63, 3.8) is 0 Å². The predicted octanol–water partition coefficient (Wildman–Crippen LogP) is 1.49. The highest BCUT2D eigenvalue weighted by Gasteiger charge is 2.31. The Bertz CT molecular complexity index is 443. The molecule has 0 aromatic carbocycles. The minimum Gasteiger partial charge on any atom is -0.330 e. The van der Waals surface area contributed by atoms with Crippen molar-refractivity contribution < 1.29 is 0 Å². The monoisotopic (exact) mass is 291 g/mol. The number of imidazole rings is 1. The maximum absolute atomic E-state index is 6.10. The number of hydrogen-bond donors (Lipinski definition) is 1. The van der Waals surface area contributed by atoms with Crippen LogP contribution < -0.4 is 5.73 Å². The van der Waals surface area contributed by atoms with Gasteiger partial charge in [-0.3, -0.25) is 4.90 Å². The van der Waals surface area contributed by atoms with Crippen molar-refractivity contribution in [2.75, 3.05) is 39.3 Å². The molecule has 1 aromatic rings. The molecule has 118 valence electrons. The van der Waals surface area contributed by atoms with Crippen LogP contribution in [0.5, 0.6) is 0 Å². The molecule has 3 rings (SSSR count). The molecule has 5 heteroatoms. The van der Waals surface area contributed by atoms with Crippen molar-refractivity contribution in [1.29, 1.82) is 0 Å². The van der Waals surface area contributed by atoms with Gasteiger partial charge in [0, 0.05) is 51.5 Å². The van der Waals surface area contributed by atoms with Gasteiger partial charge < -0.3 is 15.2 Å². The maximum atomic E-state index is 6.10. The van der Waals surface area contributed by atoms with E-state index < -0.39 is 0 Å². The summed E-state index contributed by atoms with van der Waals surface area (Å²) in [6.07, 6.45) is 6.60. The minimum atomic E-state index is 0.328. The highest BCUT2D eigenvalue weighted by Crippen LogP contribution is 2.37. The highest BCUT2D eigenvalue weighted by atomic mass is 15.3. The summed E-state index contributed by atoms with van der Waals surface area (Å²) in [7, 11) is 0. The summed E-state index contributed by atoms with van der Waals surface area (Å²) in [5.41, 5.74) is 7.42. The molecule has 0 spiro atoms. The smallest absolute Gasteiger partial charge is 0.0951 e. The maximum Gasteiger partial charge on any atom is 0.0951 e. The summed E-state index contributed by atoms with van der Waals surface area (Å²) in [6, 6.07) is 1.01. The van der Waals surface area contributed by atoms with Crippen molar-refractivity contribution in [2.24, 2.45) is 11.7 Å². The Morgan fingerprint density at radius 3 is 2.52 bits per heavy atom. The molecule has 1 unspecified atom stereocenters. The first kappa shape index (κ1) is 15.0. The summed E-state index contributed by atoms with van der Waals surface area (Å²) in [5.74, 6) is 0.748. The molecule has 21 heavy (non-hydrogen) atoms. The molecule has 0 amide bonds. The largest absolute Gasteiger partial charge is 0.330 e. The van der Waals surface area contributed by atoms with E-state index in [1.165, 1.54) is 25.1 Å². The van der Waals surface area contributed by atoms with E-state index >= 15 is 0 Å². The van der Waals surface area contributed by atoms with Gasteiger partial charge in [-0.05, 0) is 18.8 Å². The second-order valence-electron chi connectivity index (χ2n) is 6.94.